The van der Waals surface area contributed by atoms with E-state index in [0.29, 0.717) is 24.2 Å². The molecule has 0 aliphatic carbocycles. The molecule has 8 heteroatoms. The molecule has 0 saturated carbocycles. The average Bonchev–Trinajstić information content (AvgIpc) is 3.61. The minimum Gasteiger partial charge on any atom is -0.462 e. The van der Waals surface area contributed by atoms with Crippen LogP contribution in [0.3, 0.4) is 0 Å². The van der Waals surface area contributed by atoms with Crippen LogP contribution in [0.15, 0.2) is 9.98 Å². The van der Waals surface area contributed by atoms with E-state index in [4.69, 9.17) is 14.7 Å². The number of nitrogens with zero attached hydrogens (tertiary/aromatic N) is 4. The van der Waals surface area contributed by atoms with Gasteiger partial charge < -0.3 is 25.2 Å². The van der Waals surface area contributed by atoms with Crippen LogP contribution in [0, 0.1) is 5.92 Å². The topological polar surface area (TPSA) is 81.6 Å². The molecule has 0 radical (unpaired) electrons. The minimum absolute atomic E-state index is 0.0227. The Labute approximate surface area is 274 Å². The van der Waals surface area contributed by atoms with Gasteiger partial charge in [0.15, 0.2) is 11.9 Å². The summed E-state index contributed by atoms with van der Waals surface area (Å²) in [5, 5.41) is 7.45. The van der Waals surface area contributed by atoms with Gasteiger partial charge >= 0.3 is 5.97 Å². The molecule has 0 aromatic heterocycles. The number of nitrogens with one attached hydrogen (secondary N) is 2. The maximum Gasteiger partial charge on any atom is 0.313 e. The Morgan fingerprint density at radius 1 is 0.800 bits per heavy atom. The van der Waals surface area contributed by atoms with Crippen LogP contribution in [-0.4, -0.2) is 82.1 Å². The fourth-order valence-corrected chi connectivity index (χ4v) is 9.74. The van der Waals surface area contributed by atoms with Crippen LogP contribution in [-0.2, 0) is 9.53 Å². The van der Waals surface area contributed by atoms with Crippen LogP contribution < -0.4 is 10.6 Å². The van der Waals surface area contributed by atoms with Crippen molar-refractivity contribution in [3.05, 3.63) is 0 Å². The molecular weight excluding hydrogens is 560 g/mol. The van der Waals surface area contributed by atoms with Gasteiger partial charge in [-0.15, -0.1) is 0 Å². The largest absolute Gasteiger partial charge is 0.462 e. The Bertz CT molecular complexity index is 1050. The summed E-state index contributed by atoms with van der Waals surface area (Å²) in [6.07, 6.45) is 24.9. The van der Waals surface area contributed by atoms with Gasteiger partial charge in [-0.25, -0.2) is 9.98 Å². The maximum atomic E-state index is 13.5. The number of hydrogen-bond donors (Lipinski definition) is 2. The molecular formula is C37H64N6O2. The van der Waals surface area contributed by atoms with Crippen molar-refractivity contribution in [1.82, 2.24) is 20.4 Å². The molecule has 6 aliphatic heterocycles. The SMILES string of the molecule is CCCCCCC[C@@H]1C[C@@H]2CC[C@H]3[C@@H](C(=O)O[C@H](C)CCCCCCC[C@@H]4C[C@@H]5CC[C@@H]6C[C@H](C)NC(=N4)N65)[C@@H](C)N=C(N1)N23. The summed E-state index contributed by atoms with van der Waals surface area (Å²) < 4.78 is 6.10. The quantitative estimate of drug-likeness (QED) is 0.143. The van der Waals surface area contributed by atoms with Crippen LogP contribution in [0.25, 0.3) is 0 Å². The molecule has 0 unspecified atom stereocenters. The molecule has 0 amide bonds. The van der Waals surface area contributed by atoms with Gasteiger partial charge in [-0.2, -0.15) is 0 Å². The molecule has 6 rings (SSSR count). The number of hydrogen-bond acceptors (Lipinski definition) is 8. The fourth-order valence-electron chi connectivity index (χ4n) is 9.74. The van der Waals surface area contributed by atoms with E-state index in [-0.39, 0.29) is 30.1 Å². The summed E-state index contributed by atoms with van der Waals surface area (Å²) in [6.45, 7) is 8.79. The molecule has 6 aliphatic rings. The highest BCUT2D eigenvalue weighted by atomic mass is 16.5. The summed E-state index contributed by atoms with van der Waals surface area (Å²) >= 11 is 0. The molecule has 254 valence electrons. The van der Waals surface area contributed by atoms with E-state index in [1.165, 1.54) is 115 Å². The Morgan fingerprint density at radius 3 is 2.29 bits per heavy atom. The highest BCUT2D eigenvalue weighted by Gasteiger charge is 2.51. The van der Waals surface area contributed by atoms with Crippen molar-refractivity contribution in [3.63, 3.8) is 0 Å². The first-order valence-electron chi connectivity index (χ1n) is 19.4. The van der Waals surface area contributed by atoms with Crippen LogP contribution in [0.1, 0.15) is 156 Å². The summed E-state index contributed by atoms with van der Waals surface area (Å²) in [5.41, 5.74) is 0. The number of unbranched alkanes of at least 4 members (excludes halogenated alkanes) is 8. The Balaban J connectivity index is 0.873. The zero-order valence-electron chi connectivity index (χ0n) is 29.0. The summed E-state index contributed by atoms with van der Waals surface area (Å²) in [5.74, 6) is 2.09. The molecule has 0 spiro atoms. The highest BCUT2D eigenvalue weighted by Crippen LogP contribution is 2.40. The third-order valence-corrected chi connectivity index (χ3v) is 12.0. The normalized spacial score (nSPS) is 35.5. The maximum absolute atomic E-state index is 13.5. The zero-order valence-corrected chi connectivity index (χ0v) is 29.0. The first kappa shape index (κ1) is 32.9. The monoisotopic (exact) mass is 625 g/mol. The lowest BCUT2D eigenvalue weighted by Crippen LogP contribution is -2.63. The average molecular weight is 625 g/mol. The van der Waals surface area contributed by atoms with Crippen molar-refractivity contribution in [2.75, 3.05) is 0 Å². The van der Waals surface area contributed by atoms with Gasteiger partial charge in [0.2, 0.25) is 0 Å². The van der Waals surface area contributed by atoms with E-state index in [1.54, 1.807) is 0 Å². The third kappa shape index (κ3) is 7.77. The number of carbonyl (C=O) groups excluding carboxylic acids is 1. The van der Waals surface area contributed by atoms with Crippen LogP contribution in [0.5, 0.6) is 0 Å². The molecule has 0 aromatic carbocycles. The standard InChI is InChI=1S/C37H64N6O2/c1-5-6-7-9-13-16-29-24-32-20-21-33-34(27(4)39-37(41-29)43(32)33)35(44)45-26(3)15-12-10-8-11-14-17-28-23-31-19-18-30-22-25(2)38-36(40-28)42(30)31/h25-34H,5-24H2,1-4H3,(H,38,40)(H,39,41)/t25-,26+,27+,28+,29+,30+,31-,32-,33-,34-/m0/s1. The zero-order chi connectivity index (χ0) is 31.3. The number of aliphatic imine (C=N–C) groups is 2. The third-order valence-electron chi connectivity index (χ3n) is 12.0. The second kappa shape index (κ2) is 15.3. The predicted molar refractivity (Wildman–Crippen MR) is 184 cm³/mol. The smallest absolute Gasteiger partial charge is 0.313 e. The van der Waals surface area contributed by atoms with Crippen molar-refractivity contribution in [3.8, 4) is 0 Å². The molecule has 8 nitrogen and oxygen atoms in total. The van der Waals surface area contributed by atoms with Gasteiger partial charge in [0.1, 0.15) is 0 Å². The first-order chi connectivity index (χ1) is 21.9. The van der Waals surface area contributed by atoms with E-state index < -0.39 is 0 Å². The number of ether oxygens (including phenoxy) is 1. The van der Waals surface area contributed by atoms with Crippen LogP contribution in [0.2, 0.25) is 0 Å². The Hall–Kier alpha value is -1.99. The van der Waals surface area contributed by atoms with Gasteiger partial charge in [0, 0.05) is 36.3 Å². The van der Waals surface area contributed by atoms with Gasteiger partial charge in [-0.05, 0) is 91.4 Å². The molecule has 10 atom stereocenters. The second-order valence-electron chi connectivity index (χ2n) is 15.7. The van der Waals surface area contributed by atoms with Crippen LogP contribution >= 0.6 is 0 Å². The summed E-state index contributed by atoms with van der Waals surface area (Å²) in [6, 6.07) is 3.76. The molecule has 4 fully saturated rings. The Morgan fingerprint density at radius 2 is 1.47 bits per heavy atom. The van der Waals surface area contributed by atoms with Gasteiger partial charge in [0.25, 0.3) is 0 Å². The molecule has 4 saturated heterocycles. The predicted octanol–water partition coefficient (Wildman–Crippen LogP) is 6.92. The second-order valence-corrected chi connectivity index (χ2v) is 15.7. The van der Waals surface area contributed by atoms with E-state index in [2.05, 4.69) is 48.1 Å². The molecule has 45 heavy (non-hydrogen) atoms. The van der Waals surface area contributed by atoms with Crippen molar-refractivity contribution < 1.29 is 9.53 Å². The van der Waals surface area contributed by atoms with E-state index in [1.807, 2.05) is 0 Å². The lowest BCUT2D eigenvalue weighted by atomic mass is 9.89. The van der Waals surface area contributed by atoms with Crippen molar-refractivity contribution in [2.24, 2.45) is 15.9 Å². The summed E-state index contributed by atoms with van der Waals surface area (Å²) in [7, 11) is 0. The summed E-state index contributed by atoms with van der Waals surface area (Å²) in [4.78, 5) is 28.8. The first-order valence-corrected chi connectivity index (χ1v) is 19.4. The lowest BCUT2D eigenvalue weighted by Gasteiger charge is -2.47. The molecule has 0 bridgehead atoms. The van der Waals surface area contributed by atoms with Gasteiger partial charge in [-0.3, -0.25) is 4.79 Å². The molecule has 6 heterocycles. The van der Waals surface area contributed by atoms with Crippen molar-refractivity contribution in [1.29, 1.82) is 0 Å². The van der Waals surface area contributed by atoms with E-state index in [9.17, 15) is 4.79 Å². The van der Waals surface area contributed by atoms with E-state index >= 15 is 0 Å². The number of guanidine groups is 2. The number of esters is 1. The number of rotatable bonds is 16. The number of carbonyl (C=O) groups is 1. The van der Waals surface area contributed by atoms with E-state index in [0.717, 1.165) is 37.3 Å². The van der Waals surface area contributed by atoms with Gasteiger partial charge in [0.05, 0.1) is 24.1 Å². The van der Waals surface area contributed by atoms with Crippen molar-refractivity contribution >= 4 is 17.9 Å². The molecule has 0 aromatic rings. The fraction of sp³-hybridized carbons (Fsp3) is 0.919. The highest BCUT2D eigenvalue weighted by molar-refractivity contribution is 5.86. The van der Waals surface area contributed by atoms with Crippen LogP contribution in [0.4, 0.5) is 0 Å². The Kier molecular flexibility index (Phi) is 11.2. The lowest BCUT2D eigenvalue weighted by molar-refractivity contribution is -0.156. The minimum atomic E-state index is -0.147. The van der Waals surface area contributed by atoms with Crippen molar-refractivity contribution in [2.45, 2.75) is 211 Å². The van der Waals surface area contributed by atoms with Gasteiger partial charge in [-0.1, -0.05) is 64.7 Å². The molecule has 2 N–H and O–H groups in total.